The van der Waals surface area contributed by atoms with Gasteiger partial charge in [-0.05, 0) is 41.2 Å². The number of allylic oxidation sites excluding steroid dienone is 1. The lowest BCUT2D eigenvalue weighted by Gasteiger charge is -2.12. The van der Waals surface area contributed by atoms with Crippen molar-refractivity contribution >= 4 is 39.4 Å². The Bertz CT molecular complexity index is 1700. The highest BCUT2D eigenvalue weighted by atomic mass is 32.1. The van der Waals surface area contributed by atoms with E-state index in [9.17, 15) is 0 Å². The Hall–Kier alpha value is -4.06. The number of para-hydroxylation sites is 1. The second-order valence-corrected chi connectivity index (χ2v) is 9.65. The molecule has 2 heterocycles. The van der Waals surface area contributed by atoms with Crippen LogP contribution in [-0.4, -0.2) is 0 Å². The average molecular weight is 453 g/mol. The molecule has 1 aliphatic carbocycles. The first kappa shape index (κ1) is 19.4. The first-order valence-electron chi connectivity index (χ1n) is 11.6. The lowest BCUT2D eigenvalue weighted by atomic mass is 9.90. The van der Waals surface area contributed by atoms with Gasteiger partial charge >= 0.3 is 0 Å². The van der Waals surface area contributed by atoms with Gasteiger partial charge in [0.25, 0.3) is 0 Å². The summed E-state index contributed by atoms with van der Waals surface area (Å²) in [6.45, 7) is 0. The molecule has 0 N–H and O–H groups in total. The number of hydrogen-bond acceptors (Lipinski definition) is 2. The minimum Gasteiger partial charge on any atom is -0.455 e. The Balaban J connectivity index is 1.51. The summed E-state index contributed by atoms with van der Waals surface area (Å²) in [6.07, 6.45) is 6.76. The monoisotopic (exact) mass is 452 g/mol. The Labute approximate surface area is 202 Å². The predicted molar refractivity (Wildman–Crippen MR) is 143 cm³/mol. The van der Waals surface area contributed by atoms with Gasteiger partial charge in [-0.2, -0.15) is 0 Å². The molecule has 1 aliphatic rings. The largest absolute Gasteiger partial charge is 0.455 e. The Morgan fingerprint density at radius 3 is 2.47 bits per heavy atom. The van der Waals surface area contributed by atoms with Crippen LogP contribution in [0.1, 0.15) is 17.5 Å². The fourth-order valence-corrected chi connectivity index (χ4v) is 6.50. The molecule has 160 valence electrons. The van der Waals surface area contributed by atoms with Gasteiger partial charge in [-0.25, -0.2) is 0 Å². The zero-order valence-electron chi connectivity index (χ0n) is 18.5. The molecule has 0 saturated heterocycles. The van der Waals surface area contributed by atoms with Crippen LogP contribution in [0.2, 0.25) is 0 Å². The van der Waals surface area contributed by atoms with Crippen LogP contribution in [0.25, 0.3) is 60.0 Å². The van der Waals surface area contributed by atoms with E-state index in [4.69, 9.17) is 4.42 Å². The van der Waals surface area contributed by atoms with Gasteiger partial charge < -0.3 is 4.42 Å². The van der Waals surface area contributed by atoms with Crippen molar-refractivity contribution in [3.8, 4) is 32.0 Å². The highest BCUT2D eigenvalue weighted by molar-refractivity contribution is 7.19. The maximum atomic E-state index is 6.15. The molecule has 2 aromatic heterocycles. The van der Waals surface area contributed by atoms with E-state index in [1.165, 1.54) is 37.6 Å². The maximum absolute atomic E-state index is 6.15. The highest BCUT2D eigenvalue weighted by Crippen LogP contribution is 2.48. The van der Waals surface area contributed by atoms with Crippen molar-refractivity contribution in [2.24, 2.45) is 0 Å². The molecule has 7 rings (SSSR count). The van der Waals surface area contributed by atoms with E-state index in [1.807, 2.05) is 29.5 Å². The van der Waals surface area contributed by atoms with Crippen LogP contribution in [0.5, 0.6) is 0 Å². The van der Waals surface area contributed by atoms with Gasteiger partial charge in [0.1, 0.15) is 11.2 Å². The molecule has 0 atom stereocenters. The molecule has 4 aromatic carbocycles. The summed E-state index contributed by atoms with van der Waals surface area (Å²) in [4.78, 5) is 2.70. The van der Waals surface area contributed by atoms with Crippen molar-refractivity contribution in [3.05, 3.63) is 114 Å². The number of thiophene rings is 1. The van der Waals surface area contributed by atoms with E-state index >= 15 is 0 Å². The maximum Gasteiger partial charge on any atom is 0.145 e. The zero-order chi connectivity index (χ0) is 22.5. The Kier molecular flexibility index (Phi) is 4.43. The van der Waals surface area contributed by atoms with E-state index in [1.54, 1.807) is 0 Å². The normalized spacial score (nSPS) is 12.7. The van der Waals surface area contributed by atoms with E-state index < -0.39 is 0 Å². The summed E-state index contributed by atoms with van der Waals surface area (Å²) in [7, 11) is 0. The smallest absolute Gasteiger partial charge is 0.145 e. The molecular formula is C32H20OS. The van der Waals surface area contributed by atoms with E-state index in [2.05, 4.69) is 91.0 Å². The van der Waals surface area contributed by atoms with Gasteiger partial charge in [0.05, 0.1) is 0 Å². The third-order valence-corrected chi connectivity index (χ3v) is 7.97. The topological polar surface area (TPSA) is 13.1 Å². The summed E-state index contributed by atoms with van der Waals surface area (Å²) < 4.78 is 6.15. The molecule has 34 heavy (non-hydrogen) atoms. The van der Waals surface area contributed by atoms with Gasteiger partial charge in [0.2, 0.25) is 0 Å². The van der Waals surface area contributed by atoms with Crippen molar-refractivity contribution in [2.75, 3.05) is 0 Å². The van der Waals surface area contributed by atoms with Crippen LogP contribution < -0.4 is 0 Å². The molecule has 0 amide bonds. The van der Waals surface area contributed by atoms with Crippen LogP contribution in [0.4, 0.5) is 0 Å². The molecule has 0 spiro atoms. The number of rotatable bonds is 3. The van der Waals surface area contributed by atoms with Gasteiger partial charge in [-0.1, -0.05) is 97.1 Å². The minimum absolute atomic E-state index is 0.853. The van der Waals surface area contributed by atoms with Gasteiger partial charge in [0, 0.05) is 37.7 Å². The molecular weight excluding hydrogens is 432 g/mol. The van der Waals surface area contributed by atoms with Crippen LogP contribution in [0.15, 0.2) is 95.4 Å². The summed E-state index contributed by atoms with van der Waals surface area (Å²) in [5, 5.41) is 2.23. The van der Waals surface area contributed by atoms with Crippen LogP contribution in [-0.2, 0) is 6.42 Å². The summed E-state index contributed by atoms with van der Waals surface area (Å²) in [6, 6.07) is 36.3. The summed E-state index contributed by atoms with van der Waals surface area (Å²) in [5.74, 6) is 0. The molecule has 1 nitrogen and oxygen atoms in total. The first-order valence-corrected chi connectivity index (χ1v) is 12.4. The molecule has 0 unspecified atom stereocenters. The average Bonchev–Trinajstić information content (AvgIpc) is 3.48. The second kappa shape index (κ2) is 7.76. The number of benzene rings is 3. The van der Waals surface area contributed by atoms with Crippen LogP contribution in [0, 0.1) is 12.1 Å². The summed E-state index contributed by atoms with van der Waals surface area (Å²) in [5.41, 5.74) is 9.33. The SMILES string of the molecule is c1cc2oc3ccccc3c2c(-c2ccccc2-c2sc(-c3ccccc3)c3c2CCC=C3)c#1. The highest BCUT2D eigenvalue weighted by Gasteiger charge is 2.23. The van der Waals surface area contributed by atoms with Crippen molar-refractivity contribution in [3.63, 3.8) is 0 Å². The molecule has 0 fully saturated rings. The van der Waals surface area contributed by atoms with Gasteiger partial charge in [-0.3, -0.25) is 0 Å². The molecule has 0 aliphatic heterocycles. The fraction of sp³-hybridized carbons (Fsp3) is 0.0625. The third kappa shape index (κ3) is 2.95. The lowest BCUT2D eigenvalue weighted by Crippen LogP contribution is -1.94. The molecule has 2 heteroatoms. The van der Waals surface area contributed by atoms with Crippen LogP contribution in [0.3, 0.4) is 0 Å². The van der Waals surface area contributed by atoms with Crippen molar-refractivity contribution in [1.82, 2.24) is 0 Å². The minimum atomic E-state index is 0.853. The summed E-state index contributed by atoms with van der Waals surface area (Å²) >= 11 is 1.90. The van der Waals surface area contributed by atoms with E-state index in [-0.39, 0.29) is 0 Å². The Morgan fingerprint density at radius 2 is 1.56 bits per heavy atom. The number of hydrogen-bond donors (Lipinski definition) is 0. The molecule has 0 radical (unpaired) electrons. The molecule has 0 saturated carbocycles. The fourth-order valence-electron chi connectivity index (χ4n) is 5.11. The molecule has 0 bridgehead atoms. The van der Waals surface area contributed by atoms with Crippen molar-refractivity contribution in [2.45, 2.75) is 12.8 Å². The zero-order valence-corrected chi connectivity index (χ0v) is 19.3. The van der Waals surface area contributed by atoms with E-state index in [0.717, 1.165) is 40.3 Å². The van der Waals surface area contributed by atoms with Crippen molar-refractivity contribution < 1.29 is 4.42 Å². The first-order chi connectivity index (χ1) is 16.9. The Morgan fingerprint density at radius 1 is 0.765 bits per heavy atom. The number of fused-ring (bicyclic) bond motifs is 4. The van der Waals surface area contributed by atoms with Gasteiger partial charge in [-0.15, -0.1) is 11.3 Å². The quantitative estimate of drug-likeness (QED) is 0.261. The van der Waals surface area contributed by atoms with E-state index in [0.29, 0.717) is 0 Å². The van der Waals surface area contributed by atoms with Gasteiger partial charge in [0.15, 0.2) is 0 Å². The van der Waals surface area contributed by atoms with Crippen LogP contribution >= 0.6 is 11.3 Å². The molecule has 6 aromatic rings. The number of furan rings is 1. The standard InChI is InChI=1S/C32H20OS/c1-2-11-21(12-3-1)31-25-15-6-7-16-26(25)32(34-31)24-14-5-4-13-22(24)23-18-10-20-29-30(23)27-17-8-9-19-28(27)33-29/h1-6,8-9,11-15,17,19-20H,7,16H2. The lowest BCUT2D eigenvalue weighted by molar-refractivity contribution is 0.669. The van der Waals surface area contributed by atoms with Crippen molar-refractivity contribution in [1.29, 1.82) is 0 Å². The predicted octanol–water partition coefficient (Wildman–Crippen LogP) is 9.21. The second-order valence-electron chi connectivity index (χ2n) is 8.63. The third-order valence-electron chi connectivity index (χ3n) is 6.64.